The molecule has 0 atom stereocenters. The highest BCUT2D eigenvalue weighted by molar-refractivity contribution is 5.95. The van der Waals surface area contributed by atoms with E-state index in [9.17, 15) is 14.7 Å². The van der Waals surface area contributed by atoms with Crippen LogP contribution in [-0.4, -0.2) is 23.6 Å². The van der Waals surface area contributed by atoms with E-state index in [2.05, 4.69) is 5.32 Å². The number of rotatable bonds is 6. The van der Waals surface area contributed by atoms with Gasteiger partial charge in [0.15, 0.2) is 0 Å². The summed E-state index contributed by atoms with van der Waals surface area (Å²) < 4.78 is 5.45. The fourth-order valence-electron chi connectivity index (χ4n) is 3.58. The molecule has 26 heavy (non-hydrogen) atoms. The molecule has 1 aliphatic carbocycles. The Kier molecular flexibility index (Phi) is 4.98. The van der Waals surface area contributed by atoms with Gasteiger partial charge in [0.1, 0.15) is 5.75 Å². The molecule has 0 radical (unpaired) electrons. The zero-order valence-electron chi connectivity index (χ0n) is 15.0. The Hall–Kier alpha value is -2.82. The number of aliphatic carboxylic acids is 1. The largest absolute Gasteiger partial charge is 0.494 e. The summed E-state index contributed by atoms with van der Waals surface area (Å²) >= 11 is 0. The number of amides is 1. The van der Waals surface area contributed by atoms with Crippen LogP contribution in [0.25, 0.3) is 0 Å². The minimum atomic E-state index is -1.08. The molecule has 2 aromatic rings. The van der Waals surface area contributed by atoms with Crippen LogP contribution in [0.5, 0.6) is 5.75 Å². The van der Waals surface area contributed by atoms with Gasteiger partial charge in [0.05, 0.1) is 12.0 Å². The monoisotopic (exact) mass is 353 g/mol. The molecule has 0 spiro atoms. The van der Waals surface area contributed by atoms with E-state index >= 15 is 0 Å². The average molecular weight is 353 g/mol. The van der Waals surface area contributed by atoms with Gasteiger partial charge in [0, 0.05) is 12.1 Å². The van der Waals surface area contributed by atoms with Gasteiger partial charge >= 0.3 is 5.97 Å². The van der Waals surface area contributed by atoms with Crippen LogP contribution in [0.4, 0.5) is 5.69 Å². The van der Waals surface area contributed by atoms with Crippen LogP contribution in [0.2, 0.25) is 0 Å². The standard InChI is InChI=1S/C21H23NO4/c1-3-26-17-8-9-18(14(2)10-17)22-19(23)13-21(20(24)25)11-15-6-4-5-7-16(15)12-21/h4-10H,3,11-13H2,1-2H3,(H,22,23)(H,24,25). The van der Waals surface area contributed by atoms with Gasteiger partial charge in [0.25, 0.3) is 0 Å². The Morgan fingerprint density at radius 3 is 2.35 bits per heavy atom. The fourth-order valence-corrected chi connectivity index (χ4v) is 3.58. The Morgan fingerprint density at radius 1 is 1.15 bits per heavy atom. The lowest BCUT2D eigenvalue weighted by Gasteiger charge is -2.23. The second kappa shape index (κ2) is 7.20. The molecule has 3 rings (SSSR count). The number of hydrogen-bond donors (Lipinski definition) is 2. The SMILES string of the molecule is CCOc1ccc(NC(=O)CC2(C(=O)O)Cc3ccccc3C2)c(C)c1. The molecule has 5 nitrogen and oxygen atoms in total. The molecule has 136 valence electrons. The fraction of sp³-hybridized carbons (Fsp3) is 0.333. The van der Waals surface area contributed by atoms with E-state index in [0.29, 0.717) is 25.1 Å². The summed E-state index contributed by atoms with van der Waals surface area (Å²) in [6.45, 7) is 4.37. The Morgan fingerprint density at radius 2 is 1.81 bits per heavy atom. The third-order valence-corrected chi connectivity index (χ3v) is 4.91. The van der Waals surface area contributed by atoms with E-state index < -0.39 is 11.4 Å². The molecular formula is C21H23NO4. The molecule has 2 aromatic carbocycles. The van der Waals surface area contributed by atoms with Gasteiger partial charge < -0.3 is 15.2 Å². The lowest BCUT2D eigenvalue weighted by molar-refractivity contribution is -0.150. The lowest BCUT2D eigenvalue weighted by atomic mass is 9.81. The number of carbonyl (C=O) groups is 2. The van der Waals surface area contributed by atoms with Crippen molar-refractivity contribution in [3.63, 3.8) is 0 Å². The Balaban J connectivity index is 1.73. The summed E-state index contributed by atoms with van der Waals surface area (Å²) in [4.78, 5) is 24.6. The van der Waals surface area contributed by atoms with Crippen molar-refractivity contribution < 1.29 is 19.4 Å². The summed E-state index contributed by atoms with van der Waals surface area (Å²) in [6, 6.07) is 13.1. The maximum atomic E-state index is 12.6. The number of aryl methyl sites for hydroxylation is 1. The number of ether oxygens (including phenoxy) is 1. The first-order valence-electron chi connectivity index (χ1n) is 8.77. The number of carbonyl (C=O) groups excluding carboxylic acids is 1. The van der Waals surface area contributed by atoms with Crippen molar-refractivity contribution in [3.05, 3.63) is 59.2 Å². The number of anilines is 1. The van der Waals surface area contributed by atoms with Crippen molar-refractivity contribution in [1.82, 2.24) is 0 Å². The number of carboxylic acids is 1. The molecule has 0 aliphatic heterocycles. The average Bonchev–Trinajstić information content (AvgIpc) is 2.97. The Labute approximate surface area is 153 Å². The number of hydrogen-bond acceptors (Lipinski definition) is 3. The Bertz CT molecular complexity index is 819. The normalized spacial score (nSPS) is 14.5. The van der Waals surface area contributed by atoms with E-state index in [-0.39, 0.29) is 12.3 Å². The summed E-state index contributed by atoms with van der Waals surface area (Å²) in [5, 5.41) is 12.7. The molecule has 0 fully saturated rings. The first-order chi connectivity index (χ1) is 12.4. The number of carboxylic acid groups (broad SMARTS) is 1. The first-order valence-corrected chi connectivity index (χ1v) is 8.77. The van der Waals surface area contributed by atoms with Gasteiger partial charge in [0.2, 0.25) is 5.91 Å². The quantitative estimate of drug-likeness (QED) is 0.832. The van der Waals surface area contributed by atoms with E-state index in [0.717, 1.165) is 22.4 Å². The van der Waals surface area contributed by atoms with E-state index in [1.807, 2.05) is 44.2 Å². The highest BCUT2D eigenvalue weighted by Gasteiger charge is 2.45. The van der Waals surface area contributed by atoms with Crippen molar-refractivity contribution in [2.45, 2.75) is 33.1 Å². The summed E-state index contributed by atoms with van der Waals surface area (Å²) in [6.07, 6.45) is 0.714. The summed E-state index contributed by atoms with van der Waals surface area (Å²) in [5.41, 5.74) is 2.50. The van der Waals surface area contributed by atoms with Crippen molar-refractivity contribution in [3.8, 4) is 5.75 Å². The molecule has 2 N–H and O–H groups in total. The summed E-state index contributed by atoms with van der Waals surface area (Å²) in [7, 11) is 0. The third-order valence-electron chi connectivity index (χ3n) is 4.91. The van der Waals surface area contributed by atoms with Crippen molar-refractivity contribution in [1.29, 1.82) is 0 Å². The van der Waals surface area contributed by atoms with Crippen molar-refractivity contribution in [2.75, 3.05) is 11.9 Å². The smallest absolute Gasteiger partial charge is 0.310 e. The van der Waals surface area contributed by atoms with E-state index in [1.165, 1.54) is 0 Å². The van der Waals surface area contributed by atoms with Gasteiger partial charge in [-0.3, -0.25) is 9.59 Å². The maximum absolute atomic E-state index is 12.6. The van der Waals surface area contributed by atoms with Gasteiger partial charge in [-0.15, -0.1) is 0 Å². The van der Waals surface area contributed by atoms with Crippen LogP contribution < -0.4 is 10.1 Å². The predicted molar refractivity (Wildman–Crippen MR) is 99.5 cm³/mol. The molecule has 5 heteroatoms. The molecule has 0 heterocycles. The number of fused-ring (bicyclic) bond motifs is 1. The second-order valence-corrected chi connectivity index (χ2v) is 6.84. The van der Waals surface area contributed by atoms with Gasteiger partial charge in [-0.1, -0.05) is 24.3 Å². The molecular weight excluding hydrogens is 330 g/mol. The molecule has 1 amide bonds. The maximum Gasteiger partial charge on any atom is 0.310 e. The van der Waals surface area contributed by atoms with Gasteiger partial charge in [-0.05, 0) is 61.6 Å². The van der Waals surface area contributed by atoms with Crippen LogP contribution in [0.15, 0.2) is 42.5 Å². The number of nitrogens with one attached hydrogen (secondary N) is 1. The van der Waals surface area contributed by atoms with E-state index in [1.54, 1.807) is 12.1 Å². The van der Waals surface area contributed by atoms with Crippen LogP contribution in [-0.2, 0) is 22.4 Å². The van der Waals surface area contributed by atoms with Crippen LogP contribution in [0, 0.1) is 12.3 Å². The minimum Gasteiger partial charge on any atom is -0.494 e. The highest BCUT2D eigenvalue weighted by Crippen LogP contribution is 2.40. The van der Waals surface area contributed by atoms with Gasteiger partial charge in [-0.2, -0.15) is 0 Å². The molecule has 1 aliphatic rings. The molecule has 0 unspecified atom stereocenters. The molecule has 0 saturated carbocycles. The zero-order valence-corrected chi connectivity index (χ0v) is 15.0. The molecule has 0 saturated heterocycles. The zero-order chi connectivity index (χ0) is 18.7. The van der Waals surface area contributed by atoms with Crippen LogP contribution >= 0.6 is 0 Å². The predicted octanol–water partition coefficient (Wildman–Crippen LogP) is 3.59. The first kappa shape index (κ1) is 18.0. The van der Waals surface area contributed by atoms with Crippen molar-refractivity contribution >= 4 is 17.6 Å². The molecule has 0 bridgehead atoms. The highest BCUT2D eigenvalue weighted by atomic mass is 16.5. The lowest BCUT2D eigenvalue weighted by Crippen LogP contribution is -2.36. The minimum absolute atomic E-state index is 0.0519. The van der Waals surface area contributed by atoms with Crippen LogP contribution in [0.3, 0.4) is 0 Å². The van der Waals surface area contributed by atoms with E-state index in [4.69, 9.17) is 4.74 Å². The van der Waals surface area contributed by atoms with Crippen LogP contribution in [0.1, 0.15) is 30.0 Å². The third kappa shape index (κ3) is 3.57. The number of benzene rings is 2. The van der Waals surface area contributed by atoms with Gasteiger partial charge in [-0.25, -0.2) is 0 Å². The summed E-state index contributed by atoms with van der Waals surface area (Å²) in [5.74, 6) is -0.462. The molecule has 0 aromatic heterocycles. The van der Waals surface area contributed by atoms with Crippen molar-refractivity contribution in [2.24, 2.45) is 5.41 Å². The second-order valence-electron chi connectivity index (χ2n) is 6.84. The topological polar surface area (TPSA) is 75.6 Å².